The molecule has 1 aromatic rings. The van der Waals surface area contributed by atoms with E-state index in [9.17, 15) is 14.0 Å². The van der Waals surface area contributed by atoms with Gasteiger partial charge in [0.2, 0.25) is 11.8 Å². The van der Waals surface area contributed by atoms with E-state index in [4.69, 9.17) is 0 Å². The van der Waals surface area contributed by atoms with Crippen LogP contribution in [0.3, 0.4) is 0 Å². The summed E-state index contributed by atoms with van der Waals surface area (Å²) in [5.41, 5.74) is 1.53. The molecule has 90 valence electrons. The topological polar surface area (TPSA) is 49.4 Å². The van der Waals surface area contributed by atoms with Crippen LogP contribution in [0.2, 0.25) is 0 Å². The van der Waals surface area contributed by atoms with Gasteiger partial charge in [0.1, 0.15) is 5.82 Å². The van der Waals surface area contributed by atoms with E-state index >= 15 is 0 Å². The van der Waals surface area contributed by atoms with Gasteiger partial charge in [-0.2, -0.15) is 0 Å². The first-order chi connectivity index (χ1) is 8.08. The lowest BCUT2D eigenvalue weighted by Gasteiger charge is -2.26. The highest BCUT2D eigenvalue weighted by atomic mass is 19.1. The van der Waals surface area contributed by atoms with Crippen LogP contribution >= 0.6 is 0 Å². The Bertz CT molecular complexity index is 458. The molecule has 1 saturated heterocycles. The van der Waals surface area contributed by atoms with Gasteiger partial charge >= 0.3 is 0 Å². The summed E-state index contributed by atoms with van der Waals surface area (Å²) in [4.78, 5) is 24.3. The van der Waals surface area contributed by atoms with Crippen LogP contribution in [0.5, 0.6) is 0 Å². The molecule has 0 aliphatic carbocycles. The first-order valence-electron chi connectivity index (χ1n) is 5.37. The van der Waals surface area contributed by atoms with Crippen LogP contribution in [-0.4, -0.2) is 29.8 Å². The number of rotatable bonds is 2. The van der Waals surface area contributed by atoms with Crippen LogP contribution in [0.1, 0.15) is 11.1 Å². The molecule has 5 heteroatoms. The molecule has 2 rings (SSSR count). The molecule has 0 unspecified atom stereocenters. The van der Waals surface area contributed by atoms with E-state index in [0.29, 0.717) is 5.56 Å². The third kappa shape index (κ3) is 2.50. The molecule has 0 radical (unpaired) electrons. The third-order valence-electron chi connectivity index (χ3n) is 2.79. The van der Waals surface area contributed by atoms with Crippen molar-refractivity contribution in [2.45, 2.75) is 13.5 Å². The minimum Gasteiger partial charge on any atom is -0.300 e. The number of carbonyl (C=O) groups excluding carboxylic acids is 2. The summed E-state index contributed by atoms with van der Waals surface area (Å²) in [7, 11) is 0. The summed E-state index contributed by atoms with van der Waals surface area (Å²) in [5, 5.41) is 2.71. The van der Waals surface area contributed by atoms with Gasteiger partial charge in [0.15, 0.2) is 0 Å². The molecule has 0 bridgehead atoms. The number of hydrogen-bond donors (Lipinski definition) is 1. The van der Waals surface area contributed by atoms with Crippen molar-refractivity contribution in [3.8, 4) is 0 Å². The van der Waals surface area contributed by atoms with Crippen LogP contribution in [0, 0.1) is 12.7 Å². The van der Waals surface area contributed by atoms with Crippen molar-refractivity contribution in [2.24, 2.45) is 0 Å². The molecule has 1 aliphatic rings. The van der Waals surface area contributed by atoms with Gasteiger partial charge in [-0.05, 0) is 30.2 Å². The summed E-state index contributed by atoms with van der Waals surface area (Å²) in [6.45, 7) is 2.27. The SMILES string of the molecule is Cc1ccc(F)cc1CN1C(=O)CNCC1=O. The molecule has 0 spiro atoms. The number of hydrogen-bond acceptors (Lipinski definition) is 3. The van der Waals surface area contributed by atoms with Crippen LogP contribution < -0.4 is 5.32 Å². The van der Waals surface area contributed by atoms with Crippen molar-refractivity contribution in [1.29, 1.82) is 0 Å². The summed E-state index contributed by atoms with van der Waals surface area (Å²) >= 11 is 0. The van der Waals surface area contributed by atoms with Gasteiger partial charge in [0, 0.05) is 0 Å². The lowest BCUT2D eigenvalue weighted by molar-refractivity contribution is -0.147. The predicted octanol–water partition coefficient (Wildman–Crippen LogP) is 0.593. The summed E-state index contributed by atoms with van der Waals surface area (Å²) in [6, 6.07) is 4.36. The maximum Gasteiger partial charge on any atom is 0.243 e. The number of amides is 2. The minimum absolute atomic E-state index is 0.142. The Kier molecular flexibility index (Phi) is 3.19. The molecule has 17 heavy (non-hydrogen) atoms. The first-order valence-corrected chi connectivity index (χ1v) is 5.37. The van der Waals surface area contributed by atoms with Gasteiger partial charge in [0.25, 0.3) is 0 Å². The van der Waals surface area contributed by atoms with Crippen LogP contribution in [0.4, 0.5) is 4.39 Å². The third-order valence-corrected chi connectivity index (χ3v) is 2.79. The zero-order valence-corrected chi connectivity index (χ0v) is 9.50. The van der Waals surface area contributed by atoms with E-state index in [2.05, 4.69) is 5.32 Å². The molecule has 0 saturated carbocycles. The van der Waals surface area contributed by atoms with Crippen LogP contribution in [-0.2, 0) is 16.1 Å². The number of aryl methyl sites for hydroxylation is 1. The monoisotopic (exact) mass is 236 g/mol. The molecule has 1 aromatic carbocycles. The fraction of sp³-hybridized carbons (Fsp3) is 0.333. The first kappa shape index (κ1) is 11.7. The highest BCUT2D eigenvalue weighted by Crippen LogP contribution is 2.14. The number of nitrogens with zero attached hydrogens (tertiary/aromatic N) is 1. The highest BCUT2D eigenvalue weighted by molar-refractivity contribution is 5.99. The Hall–Kier alpha value is -1.75. The normalized spacial score (nSPS) is 16.5. The zero-order chi connectivity index (χ0) is 12.4. The fourth-order valence-corrected chi connectivity index (χ4v) is 1.76. The minimum atomic E-state index is -0.361. The van der Waals surface area contributed by atoms with E-state index in [0.717, 1.165) is 10.5 Å². The molecular weight excluding hydrogens is 223 g/mol. The second kappa shape index (κ2) is 4.63. The molecule has 1 N–H and O–H groups in total. The van der Waals surface area contributed by atoms with Crippen molar-refractivity contribution in [3.63, 3.8) is 0 Å². The summed E-state index contributed by atoms with van der Waals surface area (Å²) in [6.07, 6.45) is 0. The number of carbonyl (C=O) groups is 2. The Morgan fingerprint density at radius 3 is 2.59 bits per heavy atom. The second-order valence-electron chi connectivity index (χ2n) is 4.05. The van der Waals surface area contributed by atoms with Gasteiger partial charge in [-0.15, -0.1) is 0 Å². The standard InChI is InChI=1S/C12H13FN2O2/c1-8-2-3-10(13)4-9(8)7-15-11(16)5-14-6-12(15)17/h2-4,14H,5-7H2,1H3. The number of halogens is 1. The van der Waals surface area contributed by atoms with Gasteiger partial charge in [-0.25, -0.2) is 4.39 Å². The molecule has 1 fully saturated rings. The van der Waals surface area contributed by atoms with Gasteiger partial charge in [-0.1, -0.05) is 6.07 Å². The quantitative estimate of drug-likeness (QED) is 0.765. The molecule has 4 nitrogen and oxygen atoms in total. The molecular formula is C12H13FN2O2. The Morgan fingerprint density at radius 1 is 1.29 bits per heavy atom. The Balaban J connectivity index is 2.21. The number of benzene rings is 1. The lowest BCUT2D eigenvalue weighted by atomic mass is 10.1. The number of nitrogens with one attached hydrogen (secondary N) is 1. The Morgan fingerprint density at radius 2 is 1.94 bits per heavy atom. The lowest BCUT2D eigenvalue weighted by Crippen LogP contribution is -2.51. The van der Waals surface area contributed by atoms with Crippen molar-refractivity contribution in [2.75, 3.05) is 13.1 Å². The largest absolute Gasteiger partial charge is 0.300 e. The van der Waals surface area contributed by atoms with E-state index in [-0.39, 0.29) is 37.3 Å². The second-order valence-corrected chi connectivity index (χ2v) is 4.05. The summed E-state index contributed by atoms with van der Waals surface area (Å²) in [5.74, 6) is -0.907. The van der Waals surface area contributed by atoms with E-state index in [1.165, 1.54) is 12.1 Å². The van der Waals surface area contributed by atoms with E-state index in [1.807, 2.05) is 6.92 Å². The molecule has 0 atom stereocenters. The van der Waals surface area contributed by atoms with Crippen LogP contribution in [0.15, 0.2) is 18.2 Å². The van der Waals surface area contributed by atoms with Crippen LogP contribution in [0.25, 0.3) is 0 Å². The average Bonchev–Trinajstić information content (AvgIpc) is 2.28. The van der Waals surface area contributed by atoms with Gasteiger partial charge < -0.3 is 0 Å². The molecule has 1 heterocycles. The number of imide groups is 1. The van der Waals surface area contributed by atoms with Gasteiger partial charge in [0.05, 0.1) is 19.6 Å². The van der Waals surface area contributed by atoms with Crippen molar-refractivity contribution in [1.82, 2.24) is 10.2 Å². The fourth-order valence-electron chi connectivity index (χ4n) is 1.76. The average molecular weight is 236 g/mol. The summed E-state index contributed by atoms with van der Waals surface area (Å²) < 4.78 is 13.1. The van der Waals surface area contributed by atoms with Crippen molar-refractivity contribution in [3.05, 3.63) is 35.1 Å². The smallest absolute Gasteiger partial charge is 0.243 e. The van der Waals surface area contributed by atoms with Crippen molar-refractivity contribution >= 4 is 11.8 Å². The van der Waals surface area contributed by atoms with E-state index in [1.54, 1.807) is 6.07 Å². The maximum atomic E-state index is 13.1. The Labute approximate surface area is 98.4 Å². The van der Waals surface area contributed by atoms with Gasteiger partial charge in [-0.3, -0.25) is 19.8 Å². The highest BCUT2D eigenvalue weighted by Gasteiger charge is 2.25. The van der Waals surface area contributed by atoms with Crippen molar-refractivity contribution < 1.29 is 14.0 Å². The zero-order valence-electron chi connectivity index (χ0n) is 9.50. The predicted molar refractivity (Wildman–Crippen MR) is 59.6 cm³/mol. The molecule has 0 aromatic heterocycles. The molecule has 2 amide bonds. The van der Waals surface area contributed by atoms with E-state index < -0.39 is 0 Å². The number of piperazine rings is 1. The maximum absolute atomic E-state index is 13.1. The molecule has 1 aliphatic heterocycles.